The molecule has 0 aliphatic carbocycles. The van der Waals surface area contributed by atoms with E-state index in [9.17, 15) is 0 Å². The first kappa shape index (κ1) is 8.34. The summed E-state index contributed by atoms with van der Waals surface area (Å²) in [4.78, 5) is 3.65. The van der Waals surface area contributed by atoms with Crippen molar-refractivity contribution < 1.29 is 0 Å². The third-order valence-electron chi connectivity index (χ3n) is 1.47. The highest BCUT2D eigenvalue weighted by Crippen LogP contribution is 2.12. The van der Waals surface area contributed by atoms with Crippen LogP contribution in [-0.4, -0.2) is 11.7 Å². The molecule has 1 atom stereocenters. The lowest BCUT2D eigenvalue weighted by Gasteiger charge is -2.21. The second-order valence-electron chi connectivity index (χ2n) is 2.60. The third-order valence-corrected chi connectivity index (χ3v) is 1.47. The lowest BCUT2D eigenvalue weighted by atomic mass is 10.0. The van der Waals surface area contributed by atoms with Crippen molar-refractivity contribution in [3.05, 3.63) is 0 Å². The normalized spacial score (nSPS) is 16.6. The Morgan fingerprint density at radius 2 is 2.11 bits per heavy atom. The second-order valence-corrected chi connectivity index (χ2v) is 2.60. The van der Waals surface area contributed by atoms with Crippen LogP contribution >= 0.6 is 0 Å². The topological polar surface area (TPSA) is 62.2 Å². The summed E-state index contributed by atoms with van der Waals surface area (Å²) < 4.78 is 0. The minimum absolute atomic E-state index is 0.246. The maximum atomic E-state index is 6.55. The summed E-state index contributed by atoms with van der Waals surface area (Å²) in [6.45, 7) is 5.70. The Labute approximate surface area is 55.5 Å². The lowest BCUT2D eigenvalue weighted by molar-refractivity contribution is 0.357. The average molecular weight is 127 g/mol. The zero-order valence-electron chi connectivity index (χ0n) is 6.10. The highest BCUT2D eigenvalue weighted by molar-refractivity contribution is 5.37. The molecule has 1 unspecified atom stereocenters. The largest absolute Gasteiger partial charge is 0.307 e. The third kappa shape index (κ3) is 2.40. The average Bonchev–Trinajstić information content (AvgIpc) is 1.65. The van der Waals surface area contributed by atoms with Crippen LogP contribution in [-0.2, 0) is 0 Å². The monoisotopic (exact) mass is 127 g/mol. The molecule has 52 valence electrons. The maximum absolute atomic E-state index is 6.55. The van der Waals surface area contributed by atoms with Gasteiger partial charge < -0.3 is 5.73 Å². The summed E-state index contributed by atoms with van der Waals surface area (Å²) in [5, 5.41) is 6.55. The first-order valence-corrected chi connectivity index (χ1v) is 2.93. The van der Waals surface area contributed by atoms with Gasteiger partial charge in [-0.25, -0.2) is 10.4 Å². The number of nitrogens with two attached hydrogens (primary N) is 1. The Hall–Kier alpha value is -0.660. The molecule has 3 nitrogen and oxygen atoms in total. The van der Waals surface area contributed by atoms with E-state index >= 15 is 0 Å². The van der Waals surface area contributed by atoms with E-state index in [-0.39, 0.29) is 5.92 Å². The molecule has 9 heavy (non-hydrogen) atoms. The van der Waals surface area contributed by atoms with Crippen LogP contribution in [0.15, 0.2) is 4.99 Å². The van der Waals surface area contributed by atoms with Gasteiger partial charge in [-0.15, -0.1) is 0 Å². The van der Waals surface area contributed by atoms with Gasteiger partial charge in [0.1, 0.15) is 5.66 Å². The van der Waals surface area contributed by atoms with Crippen LogP contribution in [0, 0.1) is 11.3 Å². The molecule has 0 bridgehead atoms. The molecule has 0 saturated carbocycles. The van der Waals surface area contributed by atoms with Gasteiger partial charge >= 0.3 is 0 Å². The molecular formula is C6H13N3. The van der Waals surface area contributed by atoms with Crippen LogP contribution in [0.5, 0.6) is 0 Å². The van der Waals surface area contributed by atoms with Crippen molar-refractivity contribution in [2.45, 2.75) is 26.4 Å². The molecule has 0 aliphatic rings. The highest BCUT2D eigenvalue weighted by Gasteiger charge is 2.20. The van der Waals surface area contributed by atoms with Gasteiger partial charge in [-0.2, -0.15) is 0 Å². The van der Waals surface area contributed by atoms with Crippen LogP contribution in [0.1, 0.15) is 20.8 Å². The Morgan fingerprint density at radius 3 is 2.22 bits per heavy atom. The molecular weight excluding hydrogens is 114 g/mol. The fraction of sp³-hybridized carbons (Fsp3) is 0.833. The van der Waals surface area contributed by atoms with Crippen molar-refractivity contribution in [3.63, 3.8) is 0 Å². The predicted octanol–water partition coefficient (Wildman–Crippen LogP) is 1.07. The van der Waals surface area contributed by atoms with E-state index in [4.69, 9.17) is 11.1 Å². The molecule has 0 amide bonds. The molecule has 0 aromatic carbocycles. The number of hydrogen-bond donors (Lipinski definition) is 2. The van der Waals surface area contributed by atoms with E-state index in [1.165, 1.54) is 0 Å². The van der Waals surface area contributed by atoms with Crippen molar-refractivity contribution in [1.29, 1.82) is 5.41 Å². The standard InChI is InChI=1S/C6H13N3/c1-5(2)6(3,8)9-4-7/h5,7H,8H2,1-3H3. The lowest BCUT2D eigenvalue weighted by Crippen LogP contribution is -2.39. The fourth-order valence-corrected chi connectivity index (χ4v) is 0.250. The molecule has 0 aromatic heterocycles. The van der Waals surface area contributed by atoms with Gasteiger partial charge in [-0.05, 0) is 12.8 Å². The van der Waals surface area contributed by atoms with Gasteiger partial charge in [0.25, 0.3) is 0 Å². The number of hydrogen-bond acceptors (Lipinski definition) is 3. The van der Waals surface area contributed by atoms with Crippen molar-refractivity contribution >= 4 is 6.01 Å². The Balaban J connectivity index is 4.18. The van der Waals surface area contributed by atoms with Crippen LogP contribution < -0.4 is 5.73 Å². The van der Waals surface area contributed by atoms with Gasteiger partial charge in [0.2, 0.25) is 0 Å². The van der Waals surface area contributed by atoms with Crippen LogP contribution in [0.25, 0.3) is 0 Å². The number of nitrogens with one attached hydrogen (secondary N) is 1. The number of nitrogens with zero attached hydrogens (tertiary/aromatic N) is 1. The molecule has 0 rings (SSSR count). The van der Waals surface area contributed by atoms with E-state index in [2.05, 4.69) is 4.99 Å². The summed E-state index contributed by atoms with van der Waals surface area (Å²) in [6, 6.07) is 1.94. The molecule has 0 aliphatic heterocycles. The predicted molar refractivity (Wildman–Crippen MR) is 37.6 cm³/mol. The summed E-state index contributed by atoms with van der Waals surface area (Å²) in [7, 11) is 0. The summed E-state index contributed by atoms with van der Waals surface area (Å²) in [5.74, 6) is 0.246. The quantitative estimate of drug-likeness (QED) is 0.535. The van der Waals surface area contributed by atoms with Gasteiger partial charge in [0.05, 0.1) is 6.01 Å². The summed E-state index contributed by atoms with van der Waals surface area (Å²) in [5.41, 5.74) is 5.00. The van der Waals surface area contributed by atoms with Crippen molar-refractivity contribution in [3.8, 4) is 0 Å². The van der Waals surface area contributed by atoms with E-state index < -0.39 is 5.66 Å². The van der Waals surface area contributed by atoms with E-state index in [0.717, 1.165) is 0 Å². The first-order chi connectivity index (χ1) is 4.00. The Morgan fingerprint density at radius 1 is 1.67 bits per heavy atom. The van der Waals surface area contributed by atoms with Gasteiger partial charge in [0.15, 0.2) is 0 Å². The van der Waals surface area contributed by atoms with E-state index in [0.29, 0.717) is 0 Å². The zero-order chi connectivity index (χ0) is 7.49. The van der Waals surface area contributed by atoms with E-state index in [1.807, 2.05) is 19.9 Å². The van der Waals surface area contributed by atoms with Crippen molar-refractivity contribution in [1.82, 2.24) is 0 Å². The van der Waals surface area contributed by atoms with Crippen LogP contribution in [0.2, 0.25) is 0 Å². The van der Waals surface area contributed by atoms with Crippen molar-refractivity contribution in [2.75, 3.05) is 0 Å². The highest BCUT2D eigenvalue weighted by atomic mass is 15.0. The SMILES string of the molecule is CC(C)C(C)(N)N=C=N. The van der Waals surface area contributed by atoms with Crippen molar-refractivity contribution in [2.24, 2.45) is 16.6 Å². The number of rotatable bonds is 2. The Bertz CT molecular complexity index is 131. The van der Waals surface area contributed by atoms with Gasteiger partial charge in [-0.3, -0.25) is 0 Å². The molecule has 0 fully saturated rings. The maximum Gasteiger partial charge on any atom is 0.118 e. The molecule has 0 saturated heterocycles. The summed E-state index contributed by atoms with van der Waals surface area (Å²) in [6.07, 6.45) is 0. The molecule has 3 heteroatoms. The molecule has 0 heterocycles. The summed E-state index contributed by atoms with van der Waals surface area (Å²) >= 11 is 0. The zero-order valence-corrected chi connectivity index (χ0v) is 6.10. The van der Waals surface area contributed by atoms with E-state index in [1.54, 1.807) is 6.92 Å². The molecule has 0 spiro atoms. The molecule has 0 aromatic rings. The first-order valence-electron chi connectivity index (χ1n) is 2.93. The molecule has 3 N–H and O–H groups in total. The van der Waals surface area contributed by atoms with Gasteiger partial charge in [-0.1, -0.05) is 13.8 Å². The molecule has 0 radical (unpaired) electrons. The minimum Gasteiger partial charge on any atom is -0.307 e. The van der Waals surface area contributed by atoms with Crippen LogP contribution in [0.3, 0.4) is 0 Å². The van der Waals surface area contributed by atoms with Gasteiger partial charge in [0, 0.05) is 0 Å². The fourth-order valence-electron chi connectivity index (χ4n) is 0.250. The van der Waals surface area contributed by atoms with Crippen LogP contribution in [0.4, 0.5) is 0 Å². The minimum atomic E-state index is -0.623. The second kappa shape index (κ2) is 2.76. The number of aliphatic imine (C=N–C) groups is 1. The Kier molecular flexibility index (Phi) is 2.56. The smallest absolute Gasteiger partial charge is 0.118 e.